The summed E-state index contributed by atoms with van der Waals surface area (Å²) in [5.41, 5.74) is 7.45. The van der Waals surface area contributed by atoms with Gasteiger partial charge in [-0.15, -0.1) is 0 Å². The predicted octanol–water partition coefficient (Wildman–Crippen LogP) is 2.99. The number of aliphatic hydroxyl groups is 1. The van der Waals surface area contributed by atoms with Gasteiger partial charge in [0, 0.05) is 23.0 Å². The number of fused-ring (bicyclic) bond motifs is 1. The molecule has 0 radical (unpaired) electrons. The van der Waals surface area contributed by atoms with Crippen molar-refractivity contribution in [1.82, 2.24) is 0 Å². The van der Waals surface area contributed by atoms with Crippen LogP contribution in [0.15, 0.2) is 42.5 Å². The molecule has 1 aliphatic carbocycles. The largest absolute Gasteiger partial charge is 0.496 e. The lowest BCUT2D eigenvalue weighted by molar-refractivity contribution is 0.0748. The van der Waals surface area contributed by atoms with Crippen LogP contribution in [0.4, 0.5) is 0 Å². The molecule has 0 aromatic heterocycles. The Labute approximate surface area is 122 Å². The maximum Gasteiger partial charge on any atom is 0.125 e. The van der Waals surface area contributed by atoms with Crippen LogP contribution >= 0.6 is 11.6 Å². The molecule has 2 atom stereocenters. The van der Waals surface area contributed by atoms with Gasteiger partial charge in [0.25, 0.3) is 0 Å². The highest BCUT2D eigenvalue weighted by Gasteiger charge is 2.43. The first-order chi connectivity index (χ1) is 9.56. The van der Waals surface area contributed by atoms with Crippen LogP contribution in [-0.4, -0.2) is 12.2 Å². The molecule has 0 heterocycles. The zero-order chi connectivity index (χ0) is 14.3. The van der Waals surface area contributed by atoms with Gasteiger partial charge in [0.1, 0.15) is 11.4 Å². The fourth-order valence-electron chi connectivity index (χ4n) is 2.99. The van der Waals surface area contributed by atoms with Gasteiger partial charge in [-0.3, -0.25) is 0 Å². The maximum absolute atomic E-state index is 11.2. The van der Waals surface area contributed by atoms with E-state index in [1.54, 1.807) is 25.3 Å². The maximum atomic E-state index is 11.2. The molecule has 0 spiro atoms. The van der Waals surface area contributed by atoms with E-state index < -0.39 is 5.60 Å². The van der Waals surface area contributed by atoms with Crippen molar-refractivity contribution in [3.05, 3.63) is 64.2 Å². The average Bonchev–Trinajstić information content (AvgIpc) is 2.72. The molecule has 0 saturated heterocycles. The second-order valence-corrected chi connectivity index (χ2v) is 5.54. The molecule has 2 unspecified atom stereocenters. The standard InChI is InChI=1S/C16H16ClNO2/c1-20-15-7-6-10(17)8-13(15)16(19)9-14(18)11-4-2-3-5-12(11)16/h2-8,14,19H,9,18H2,1H3. The average molecular weight is 290 g/mol. The predicted molar refractivity (Wildman–Crippen MR) is 79.0 cm³/mol. The molecular formula is C16H16ClNO2. The molecule has 1 aliphatic rings. The van der Waals surface area contributed by atoms with Gasteiger partial charge in [-0.1, -0.05) is 35.9 Å². The van der Waals surface area contributed by atoms with E-state index in [4.69, 9.17) is 22.1 Å². The molecule has 3 N–H and O–H groups in total. The Bertz CT molecular complexity index is 659. The van der Waals surface area contributed by atoms with E-state index in [1.165, 1.54) is 0 Å². The third kappa shape index (κ3) is 1.90. The Morgan fingerprint density at radius 1 is 1.25 bits per heavy atom. The van der Waals surface area contributed by atoms with Gasteiger partial charge in [0.15, 0.2) is 0 Å². The van der Waals surface area contributed by atoms with Crippen LogP contribution in [0.5, 0.6) is 5.75 Å². The Balaban J connectivity index is 2.22. The van der Waals surface area contributed by atoms with E-state index >= 15 is 0 Å². The molecular weight excluding hydrogens is 274 g/mol. The number of rotatable bonds is 2. The van der Waals surface area contributed by atoms with Crippen molar-refractivity contribution in [2.75, 3.05) is 7.11 Å². The SMILES string of the molecule is COc1ccc(Cl)cc1C1(O)CC(N)c2ccccc21. The lowest BCUT2D eigenvalue weighted by atomic mass is 9.87. The molecule has 0 bridgehead atoms. The quantitative estimate of drug-likeness (QED) is 0.893. The van der Waals surface area contributed by atoms with E-state index in [2.05, 4.69) is 0 Å². The highest BCUT2D eigenvalue weighted by molar-refractivity contribution is 6.30. The first-order valence-corrected chi connectivity index (χ1v) is 6.85. The summed E-state index contributed by atoms with van der Waals surface area (Å²) < 4.78 is 5.37. The molecule has 4 heteroatoms. The van der Waals surface area contributed by atoms with Crippen LogP contribution in [0.1, 0.15) is 29.2 Å². The smallest absolute Gasteiger partial charge is 0.125 e. The number of halogens is 1. The monoisotopic (exact) mass is 289 g/mol. The molecule has 3 rings (SSSR count). The topological polar surface area (TPSA) is 55.5 Å². The fourth-order valence-corrected chi connectivity index (χ4v) is 3.17. The Morgan fingerprint density at radius 3 is 2.75 bits per heavy atom. The van der Waals surface area contributed by atoms with Crippen molar-refractivity contribution >= 4 is 11.6 Å². The second kappa shape index (κ2) is 4.77. The van der Waals surface area contributed by atoms with Gasteiger partial charge in [0.2, 0.25) is 0 Å². The minimum absolute atomic E-state index is 0.195. The Morgan fingerprint density at radius 2 is 2.00 bits per heavy atom. The number of hydrogen-bond donors (Lipinski definition) is 2. The number of hydrogen-bond acceptors (Lipinski definition) is 3. The van der Waals surface area contributed by atoms with Gasteiger partial charge >= 0.3 is 0 Å². The summed E-state index contributed by atoms with van der Waals surface area (Å²) in [5.74, 6) is 0.612. The van der Waals surface area contributed by atoms with Gasteiger partial charge < -0.3 is 15.6 Å². The Hall–Kier alpha value is -1.55. The van der Waals surface area contributed by atoms with Crippen LogP contribution in [0.2, 0.25) is 5.02 Å². The minimum Gasteiger partial charge on any atom is -0.496 e. The fraction of sp³-hybridized carbons (Fsp3) is 0.250. The molecule has 20 heavy (non-hydrogen) atoms. The highest BCUT2D eigenvalue weighted by atomic mass is 35.5. The van der Waals surface area contributed by atoms with Crippen LogP contribution < -0.4 is 10.5 Å². The first kappa shape index (κ1) is 13.4. The van der Waals surface area contributed by atoms with Crippen molar-refractivity contribution < 1.29 is 9.84 Å². The summed E-state index contributed by atoms with van der Waals surface area (Å²) in [4.78, 5) is 0. The van der Waals surface area contributed by atoms with Crippen LogP contribution in [0.3, 0.4) is 0 Å². The third-order valence-corrected chi connectivity index (χ3v) is 4.16. The molecule has 0 saturated carbocycles. The van der Waals surface area contributed by atoms with E-state index in [0.29, 0.717) is 22.8 Å². The molecule has 0 amide bonds. The minimum atomic E-state index is -1.16. The van der Waals surface area contributed by atoms with E-state index in [0.717, 1.165) is 11.1 Å². The summed E-state index contributed by atoms with van der Waals surface area (Å²) >= 11 is 6.08. The summed E-state index contributed by atoms with van der Waals surface area (Å²) in [6.07, 6.45) is 0.420. The van der Waals surface area contributed by atoms with Crippen molar-refractivity contribution in [1.29, 1.82) is 0 Å². The van der Waals surface area contributed by atoms with Crippen molar-refractivity contribution in [2.24, 2.45) is 5.73 Å². The molecule has 3 nitrogen and oxygen atoms in total. The normalized spacial score (nSPS) is 24.5. The van der Waals surface area contributed by atoms with Crippen molar-refractivity contribution in [3.63, 3.8) is 0 Å². The number of nitrogens with two attached hydrogens (primary N) is 1. The Kier molecular flexibility index (Phi) is 3.21. The van der Waals surface area contributed by atoms with E-state index in [-0.39, 0.29) is 6.04 Å². The lowest BCUT2D eigenvalue weighted by Gasteiger charge is -2.27. The van der Waals surface area contributed by atoms with E-state index in [1.807, 2.05) is 24.3 Å². The zero-order valence-electron chi connectivity index (χ0n) is 11.1. The van der Waals surface area contributed by atoms with Gasteiger partial charge in [-0.2, -0.15) is 0 Å². The zero-order valence-corrected chi connectivity index (χ0v) is 11.9. The number of methoxy groups -OCH3 is 1. The summed E-state index contributed by atoms with van der Waals surface area (Å²) in [6.45, 7) is 0. The molecule has 0 aliphatic heterocycles. The molecule has 104 valence electrons. The van der Waals surface area contributed by atoms with Gasteiger partial charge in [-0.25, -0.2) is 0 Å². The van der Waals surface area contributed by atoms with Crippen LogP contribution in [0, 0.1) is 0 Å². The second-order valence-electron chi connectivity index (χ2n) is 5.10. The first-order valence-electron chi connectivity index (χ1n) is 6.47. The summed E-state index contributed by atoms with van der Waals surface area (Å²) in [5, 5.41) is 11.8. The van der Waals surface area contributed by atoms with Gasteiger partial charge in [0.05, 0.1) is 7.11 Å². The van der Waals surface area contributed by atoms with Crippen molar-refractivity contribution in [2.45, 2.75) is 18.1 Å². The van der Waals surface area contributed by atoms with Gasteiger partial charge in [-0.05, 0) is 29.3 Å². The molecule has 0 fully saturated rings. The van der Waals surface area contributed by atoms with Crippen LogP contribution in [0.25, 0.3) is 0 Å². The summed E-state index contributed by atoms with van der Waals surface area (Å²) in [7, 11) is 1.58. The number of ether oxygens (including phenoxy) is 1. The van der Waals surface area contributed by atoms with Crippen molar-refractivity contribution in [3.8, 4) is 5.75 Å². The third-order valence-electron chi connectivity index (χ3n) is 3.93. The molecule has 2 aromatic rings. The summed E-state index contributed by atoms with van der Waals surface area (Å²) in [6, 6.07) is 12.8. The highest BCUT2D eigenvalue weighted by Crippen LogP contribution is 2.49. The lowest BCUT2D eigenvalue weighted by Crippen LogP contribution is -2.25. The van der Waals surface area contributed by atoms with Crippen LogP contribution in [-0.2, 0) is 5.60 Å². The van der Waals surface area contributed by atoms with E-state index in [9.17, 15) is 5.11 Å². The number of benzene rings is 2. The molecule has 2 aromatic carbocycles.